The van der Waals surface area contributed by atoms with E-state index >= 15 is 0 Å². The number of aromatic nitrogens is 5. The Morgan fingerprint density at radius 2 is 2.18 bits per heavy atom. The van der Waals surface area contributed by atoms with Gasteiger partial charge in [0, 0.05) is 25.0 Å². The van der Waals surface area contributed by atoms with E-state index in [1.54, 1.807) is 18.9 Å². The molecule has 0 amide bonds. The van der Waals surface area contributed by atoms with Crippen LogP contribution in [0.2, 0.25) is 0 Å². The molecule has 3 aromatic heterocycles. The Morgan fingerprint density at radius 3 is 2.95 bits per heavy atom. The predicted molar refractivity (Wildman–Crippen MR) is 81.2 cm³/mol. The van der Waals surface area contributed by atoms with Gasteiger partial charge in [-0.15, -0.1) is 0 Å². The first-order valence-electron chi connectivity index (χ1n) is 7.29. The van der Waals surface area contributed by atoms with Gasteiger partial charge in [-0.1, -0.05) is 6.07 Å². The van der Waals surface area contributed by atoms with Crippen LogP contribution in [0, 0.1) is 0 Å². The molecule has 0 atom stereocenters. The number of pyridine rings is 1. The molecule has 0 aliphatic heterocycles. The molecule has 0 aromatic carbocycles. The van der Waals surface area contributed by atoms with Crippen molar-refractivity contribution in [3.63, 3.8) is 0 Å². The van der Waals surface area contributed by atoms with E-state index in [0.29, 0.717) is 12.4 Å². The van der Waals surface area contributed by atoms with Crippen LogP contribution in [0.4, 0.5) is 5.82 Å². The molecule has 1 aliphatic rings. The second-order valence-corrected chi connectivity index (χ2v) is 5.54. The minimum absolute atomic E-state index is 0.201. The van der Waals surface area contributed by atoms with Crippen LogP contribution < -0.4 is 5.32 Å². The lowest BCUT2D eigenvalue weighted by atomic mass is 9.89. The highest BCUT2D eigenvalue weighted by molar-refractivity contribution is 5.82. The fraction of sp³-hybridized carbons (Fsp3) is 0.333. The number of aliphatic hydroxyl groups excluding tert-OH is 1. The van der Waals surface area contributed by atoms with Crippen molar-refractivity contribution < 1.29 is 5.11 Å². The number of nitrogens with one attached hydrogen (secondary N) is 1. The predicted octanol–water partition coefficient (Wildman–Crippen LogP) is 1.53. The maximum absolute atomic E-state index is 9.47. The van der Waals surface area contributed by atoms with Gasteiger partial charge in [0.25, 0.3) is 0 Å². The van der Waals surface area contributed by atoms with Crippen molar-refractivity contribution in [2.75, 3.05) is 5.32 Å². The lowest BCUT2D eigenvalue weighted by molar-refractivity contribution is 0.0499. The first-order chi connectivity index (χ1) is 10.8. The summed E-state index contributed by atoms with van der Waals surface area (Å²) < 4.78 is 2.03. The van der Waals surface area contributed by atoms with Gasteiger partial charge in [-0.2, -0.15) is 0 Å². The molecule has 0 saturated heterocycles. The van der Waals surface area contributed by atoms with Crippen molar-refractivity contribution in [3.05, 3.63) is 42.7 Å². The highest BCUT2D eigenvalue weighted by atomic mass is 16.3. The minimum Gasteiger partial charge on any atom is -0.393 e. The Morgan fingerprint density at radius 1 is 1.27 bits per heavy atom. The zero-order valence-corrected chi connectivity index (χ0v) is 11.9. The quantitative estimate of drug-likeness (QED) is 0.759. The molecule has 7 nitrogen and oxygen atoms in total. The van der Waals surface area contributed by atoms with E-state index in [1.165, 1.54) is 0 Å². The summed E-state index contributed by atoms with van der Waals surface area (Å²) in [6, 6.07) is 4.19. The van der Waals surface area contributed by atoms with Gasteiger partial charge in [0.1, 0.15) is 11.8 Å². The molecule has 7 heteroatoms. The van der Waals surface area contributed by atoms with Crippen molar-refractivity contribution in [2.45, 2.75) is 31.5 Å². The average molecular weight is 296 g/mol. The van der Waals surface area contributed by atoms with E-state index in [2.05, 4.69) is 25.3 Å². The highest BCUT2D eigenvalue weighted by Gasteiger charge is 2.30. The summed E-state index contributed by atoms with van der Waals surface area (Å²) in [7, 11) is 0. The largest absolute Gasteiger partial charge is 0.393 e. The van der Waals surface area contributed by atoms with Crippen molar-refractivity contribution >= 4 is 17.0 Å². The number of hydrogen-bond donors (Lipinski definition) is 2. The summed E-state index contributed by atoms with van der Waals surface area (Å²) in [6.45, 7) is 0.634. The topological polar surface area (TPSA) is 88.8 Å². The summed E-state index contributed by atoms with van der Waals surface area (Å²) in [6.07, 6.45) is 8.21. The summed E-state index contributed by atoms with van der Waals surface area (Å²) in [5.74, 6) is 0.715. The zero-order chi connectivity index (χ0) is 14.9. The number of fused-ring (bicyclic) bond motifs is 1. The minimum atomic E-state index is -0.201. The molecule has 0 bridgehead atoms. The number of anilines is 1. The fourth-order valence-corrected chi connectivity index (χ4v) is 2.72. The SMILES string of the molecule is OC1CC(n2cnc3c(NCc4cccnc4)ncnc32)C1. The lowest BCUT2D eigenvalue weighted by Crippen LogP contribution is -2.30. The third kappa shape index (κ3) is 2.29. The molecular formula is C15H16N6O. The molecule has 3 heterocycles. The van der Waals surface area contributed by atoms with Crippen LogP contribution in [0.25, 0.3) is 11.2 Å². The summed E-state index contributed by atoms with van der Waals surface area (Å²) in [4.78, 5) is 17.2. The van der Waals surface area contributed by atoms with E-state index in [9.17, 15) is 5.11 Å². The average Bonchev–Trinajstić information content (AvgIpc) is 2.95. The van der Waals surface area contributed by atoms with Crippen LogP contribution >= 0.6 is 0 Å². The van der Waals surface area contributed by atoms with E-state index in [1.807, 2.05) is 22.9 Å². The molecule has 1 saturated carbocycles. The Labute approximate surface area is 127 Å². The molecule has 1 aliphatic carbocycles. The molecule has 4 rings (SSSR count). The van der Waals surface area contributed by atoms with Crippen LogP contribution in [0.5, 0.6) is 0 Å². The molecule has 0 unspecified atom stereocenters. The number of hydrogen-bond acceptors (Lipinski definition) is 6. The zero-order valence-electron chi connectivity index (χ0n) is 11.9. The Bertz CT molecular complexity index is 781. The third-order valence-corrected chi connectivity index (χ3v) is 4.02. The Balaban J connectivity index is 1.59. The Kier molecular flexibility index (Phi) is 3.19. The second kappa shape index (κ2) is 5.34. The van der Waals surface area contributed by atoms with Gasteiger partial charge in [0.2, 0.25) is 0 Å². The van der Waals surface area contributed by atoms with Crippen LogP contribution in [-0.2, 0) is 6.54 Å². The molecule has 112 valence electrons. The highest BCUT2D eigenvalue weighted by Crippen LogP contribution is 2.34. The van der Waals surface area contributed by atoms with Crippen molar-refractivity contribution in [3.8, 4) is 0 Å². The van der Waals surface area contributed by atoms with Crippen molar-refractivity contribution in [2.24, 2.45) is 0 Å². The summed E-state index contributed by atoms with van der Waals surface area (Å²) >= 11 is 0. The molecule has 3 aromatic rings. The lowest BCUT2D eigenvalue weighted by Gasteiger charge is -2.32. The van der Waals surface area contributed by atoms with Crippen LogP contribution in [-0.4, -0.2) is 35.7 Å². The maximum atomic E-state index is 9.47. The first kappa shape index (κ1) is 13.1. The molecule has 0 radical (unpaired) electrons. The first-order valence-corrected chi connectivity index (χ1v) is 7.29. The van der Waals surface area contributed by atoms with Gasteiger partial charge in [-0.25, -0.2) is 15.0 Å². The number of imidazole rings is 1. The molecule has 0 spiro atoms. The monoisotopic (exact) mass is 296 g/mol. The second-order valence-electron chi connectivity index (χ2n) is 5.54. The van der Waals surface area contributed by atoms with Gasteiger partial charge in [0.15, 0.2) is 11.5 Å². The Hall–Kier alpha value is -2.54. The van der Waals surface area contributed by atoms with Crippen LogP contribution in [0.1, 0.15) is 24.4 Å². The molecule has 1 fully saturated rings. The smallest absolute Gasteiger partial charge is 0.165 e. The standard InChI is InChI=1S/C15H16N6O/c22-12-4-11(5-12)21-9-20-13-14(18-8-19-15(13)21)17-7-10-2-1-3-16-6-10/h1-3,6,8-9,11-12,22H,4-5,7H2,(H,17,18,19). The van der Waals surface area contributed by atoms with E-state index in [0.717, 1.165) is 29.6 Å². The maximum Gasteiger partial charge on any atom is 0.165 e. The summed E-state index contributed by atoms with van der Waals surface area (Å²) in [5.41, 5.74) is 2.64. The van der Waals surface area contributed by atoms with Gasteiger partial charge >= 0.3 is 0 Å². The molecule has 22 heavy (non-hydrogen) atoms. The van der Waals surface area contributed by atoms with Gasteiger partial charge < -0.3 is 15.0 Å². The van der Waals surface area contributed by atoms with Crippen LogP contribution in [0.3, 0.4) is 0 Å². The van der Waals surface area contributed by atoms with Crippen molar-refractivity contribution in [1.29, 1.82) is 0 Å². The van der Waals surface area contributed by atoms with Gasteiger partial charge in [0.05, 0.1) is 12.4 Å². The fourth-order valence-electron chi connectivity index (χ4n) is 2.72. The molecule has 2 N–H and O–H groups in total. The van der Waals surface area contributed by atoms with E-state index < -0.39 is 0 Å². The van der Waals surface area contributed by atoms with Crippen LogP contribution in [0.15, 0.2) is 37.2 Å². The normalized spacial score (nSPS) is 20.8. The number of nitrogens with zero attached hydrogens (tertiary/aromatic N) is 5. The van der Waals surface area contributed by atoms with E-state index in [4.69, 9.17) is 0 Å². The van der Waals surface area contributed by atoms with Gasteiger partial charge in [-0.3, -0.25) is 4.98 Å². The number of aliphatic hydroxyl groups is 1. The number of rotatable bonds is 4. The third-order valence-electron chi connectivity index (χ3n) is 4.02. The van der Waals surface area contributed by atoms with Gasteiger partial charge in [-0.05, 0) is 24.5 Å². The van der Waals surface area contributed by atoms with E-state index in [-0.39, 0.29) is 12.1 Å². The summed E-state index contributed by atoms with van der Waals surface area (Å²) in [5, 5.41) is 12.8. The molecular weight excluding hydrogens is 280 g/mol. The van der Waals surface area contributed by atoms with Crippen molar-refractivity contribution in [1.82, 2.24) is 24.5 Å².